The summed E-state index contributed by atoms with van der Waals surface area (Å²) in [4.78, 5) is 11.1. The van der Waals surface area contributed by atoms with E-state index >= 15 is 0 Å². The molecule has 1 rings (SSSR count). The zero-order valence-electron chi connectivity index (χ0n) is 11.5. The van der Waals surface area contributed by atoms with Gasteiger partial charge in [0.15, 0.2) is 0 Å². The van der Waals surface area contributed by atoms with E-state index in [2.05, 4.69) is 4.72 Å². The van der Waals surface area contributed by atoms with Crippen LogP contribution in [0.1, 0.15) is 26.2 Å². The van der Waals surface area contributed by atoms with E-state index < -0.39 is 22.0 Å². The molecule has 6 nitrogen and oxygen atoms in total. The first kappa shape index (κ1) is 16.5. The topological polar surface area (TPSA) is 92.7 Å². The normalized spacial score (nSPS) is 12.9. The highest BCUT2D eigenvalue weighted by molar-refractivity contribution is 7.89. The van der Waals surface area contributed by atoms with Crippen molar-refractivity contribution < 1.29 is 23.1 Å². The van der Waals surface area contributed by atoms with Gasteiger partial charge in [-0.3, -0.25) is 4.79 Å². The molecule has 0 aliphatic carbocycles. The van der Waals surface area contributed by atoms with E-state index in [9.17, 15) is 13.2 Å². The van der Waals surface area contributed by atoms with Gasteiger partial charge in [-0.05, 0) is 18.6 Å². The van der Waals surface area contributed by atoms with Crippen LogP contribution in [0.3, 0.4) is 0 Å². The number of aliphatic carboxylic acids is 1. The number of carboxylic acid groups (broad SMARTS) is 1. The molecule has 1 atom stereocenters. The van der Waals surface area contributed by atoms with Crippen LogP contribution < -0.4 is 9.46 Å². The van der Waals surface area contributed by atoms with Gasteiger partial charge in [0, 0.05) is 6.07 Å². The van der Waals surface area contributed by atoms with E-state index in [4.69, 9.17) is 9.84 Å². The number of hydrogen-bond donors (Lipinski definition) is 2. The lowest BCUT2D eigenvalue weighted by Crippen LogP contribution is -2.40. The molecule has 0 bridgehead atoms. The lowest BCUT2D eigenvalue weighted by molar-refractivity contribution is -0.139. The molecule has 1 aromatic rings. The first-order valence-corrected chi connectivity index (χ1v) is 7.78. The minimum absolute atomic E-state index is 0.0143. The van der Waals surface area contributed by atoms with Gasteiger partial charge in [-0.1, -0.05) is 25.8 Å². The minimum atomic E-state index is -3.88. The molecule has 0 aliphatic heterocycles. The van der Waals surface area contributed by atoms with E-state index in [1.807, 2.05) is 6.92 Å². The monoisotopic (exact) mass is 301 g/mol. The molecule has 0 amide bonds. The van der Waals surface area contributed by atoms with Crippen LogP contribution in [0.15, 0.2) is 29.2 Å². The Morgan fingerprint density at radius 1 is 1.45 bits per heavy atom. The van der Waals surface area contributed by atoms with E-state index in [1.165, 1.54) is 25.3 Å². The molecule has 0 aliphatic rings. The fourth-order valence-corrected chi connectivity index (χ4v) is 2.92. The number of methoxy groups -OCH3 is 1. The smallest absolute Gasteiger partial charge is 0.321 e. The Hall–Kier alpha value is -1.60. The molecule has 20 heavy (non-hydrogen) atoms. The van der Waals surface area contributed by atoms with Crippen molar-refractivity contribution in [2.45, 2.75) is 37.1 Å². The third-order valence-electron chi connectivity index (χ3n) is 2.79. The highest BCUT2D eigenvalue weighted by Gasteiger charge is 2.25. The van der Waals surface area contributed by atoms with Crippen LogP contribution in [0, 0.1) is 0 Å². The summed E-state index contributed by atoms with van der Waals surface area (Å²) in [6.45, 7) is 1.91. The predicted molar refractivity (Wildman–Crippen MR) is 74.3 cm³/mol. The molecule has 0 radical (unpaired) electrons. The first-order chi connectivity index (χ1) is 9.40. The minimum Gasteiger partial charge on any atom is -0.497 e. The van der Waals surface area contributed by atoms with Crippen molar-refractivity contribution in [2.75, 3.05) is 7.11 Å². The molecule has 1 aromatic carbocycles. The van der Waals surface area contributed by atoms with E-state index in [0.29, 0.717) is 12.2 Å². The number of rotatable bonds is 8. The zero-order valence-corrected chi connectivity index (χ0v) is 12.3. The maximum absolute atomic E-state index is 12.1. The highest BCUT2D eigenvalue weighted by Crippen LogP contribution is 2.17. The molecular weight excluding hydrogens is 282 g/mol. The van der Waals surface area contributed by atoms with Gasteiger partial charge in [0.1, 0.15) is 11.8 Å². The van der Waals surface area contributed by atoms with Crippen molar-refractivity contribution in [1.29, 1.82) is 0 Å². The lowest BCUT2D eigenvalue weighted by Gasteiger charge is -2.14. The third kappa shape index (κ3) is 4.50. The molecule has 0 fully saturated rings. The van der Waals surface area contributed by atoms with Crippen molar-refractivity contribution in [3.63, 3.8) is 0 Å². The van der Waals surface area contributed by atoms with Crippen LogP contribution in [-0.2, 0) is 14.8 Å². The largest absolute Gasteiger partial charge is 0.497 e. The molecule has 2 N–H and O–H groups in total. The van der Waals surface area contributed by atoms with Crippen LogP contribution in [0.2, 0.25) is 0 Å². The number of nitrogens with one attached hydrogen (secondary N) is 1. The fourth-order valence-electron chi connectivity index (χ4n) is 1.66. The number of benzene rings is 1. The van der Waals surface area contributed by atoms with Gasteiger partial charge in [0.05, 0.1) is 12.0 Å². The van der Waals surface area contributed by atoms with Gasteiger partial charge in [-0.2, -0.15) is 4.72 Å². The average Bonchev–Trinajstić information content (AvgIpc) is 2.43. The van der Waals surface area contributed by atoms with Crippen LogP contribution in [-0.4, -0.2) is 32.6 Å². The molecule has 0 heterocycles. The van der Waals surface area contributed by atoms with Crippen molar-refractivity contribution in [1.82, 2.24) is 4.72 Å². The van der Waals surface area contributed by atoms with E-state index in [0.717, 1.165) is 6.42 Å². The molecule has 0 unspecified atom stereocenters. The molecule has 7 heteroatoms. The van der Waals surface area contributed by atoms with Gasteiger partial charge < -0.3 is 9.84 Å². The Kier molecular flexibility index (Phi) is 5.97. The maximum atomic E-state index is 12.1. The average molecular weight is 301 g/mol. The second kappa shape index (κ2) is 7.25. The van der Waals surface area contributed by atoms with Crippen LogP contribution in [0.25, 0.3) is 0 Å². The standard InChI is InChI=1S/C13H19NO5S/c1-3-4-8-12(13(15)16)14-20(17,18)11-7-5-6-10(9-11)19-2/h5-7,9,12,14H,3-4,8H2,1-2H3,(H,15,16)/t12-/m0/s1. The Balaban J connectivity index is 2.94. The van der Waals surface area contributed by atoms with E-state index in [-0.39, 0.29) is 11.3 Å². The van der Waals surface area contributed by atoms with Crippen LogP contribution in [0.5, 0.6) is 5.75 Å². The van der Waals surface area contributed by atoms with Crippen LogP contribution >= 0.6 is 0 Å². The number of sulfonamides is 1. The fraction of sp³-hybridized carbons (Fsp3) is 0.462. The van der Waals surface area contributed by atoms with Crippen molar-refractivity contribution in [2.24, 2.45) is 0 Å². The number of hydrogen-bond acceptors (Lipinski definition) is 4. The number of carbonyl (C=O) groups is 1. The maximum Gasteiger partial charge on any atom is 0.321 e. The lowest BCUT2D eigenvalue weighted by atomic mass is 10.1. The summed E-state index contributed by atoms with van der Waals surface area (Å²) in [6, 6.07) is 4.77. The summed E-state index contributed by atoms with van der Waals surface area (Å²) in [5.74, 6) is -0.779. The van der Waals surface area contributed by atoms with Gasteiger partial charge in [-0.15, -0.1) is 0 Å². The summed E-state index contributed by atoms with van der Waals surface area (Å²) in [7, 11) is -2.45. The number of unbranched alkanes of at least 4 members (excludes halogenated alkanes) is 1. The second-order valence-corrected chi connectivity index (χ2v) is 6.05. The van der Waals surface area contributed by atoms with Crippen molar-refractivity contribution in [3.8, 4) is 5.75 Å². The Morgan fingerprint density at radius 3 is 2.70 bits per heavy atom. The summed E-state index contributed by atoms with van der Waals surface area (Å²) >= 11 is 0. The molecule has 0 aromatic heterocycles. The SMILES string of the molecule is CCCC[C@H](NS(=O)(=O)c1cccc(OC)c1)C(=O)O. The highest BCUT2D eigenvalue weighted by atomic mass is 32.2. The third-order valence-corrected chi connectivity index (χ3v) is 4.26. The molecular formula is C13H19NO5S. The number of ether oxygens (including phenoxy) is 1. The number of carboxylic acids is 1. The Morgan fingerprint density at radius 2 is 2.15 bits per heavy atom. The van der Waals surface area contributed by atoms with Crippen LogP contribution in [0.4, 0.5) is 0 Å². The summed E-state index contributed by atoms with van der Waals surface area (Å²) in [5, 5.41) is 9.06. The summed E-state index contributed by atoms with van der Waals surface area (Å²) in [5.41, 5.74) is 0. The Bertz CT molecular complexity index is 556. The zero-order chi connectivity index (χ0) is 15.2. The summed E-state index contributed by atoms with van der Waals surface area (Å²) in [6.07, 6.45) is 1.69. The van der Waals surface area contributed by atoms with Gasteiger partial charge >= 0.3 is 5.97 Å². The van der Waals surface area contributed by atoms with E-state index in [1.54, 1.807) is 6.07 Å². The van der Waals surface area contributed by atoms with Crippen molar-refractivity contribution >= 4 is 16.0 Å². The molecule has 0 saturated carbocycles. The van der Waals surface area contributed by atoms with Crippen molar-refractivity contribution in [3.05, 3.63) is 24.3 Å². The second-order valence-electron chi connectivity index (χ2n) is 4.33. The first-order valence-electron chi connectivity index (χ1n) is 6.30. The predicted octanol–water partition coefficient (Wildman–Crippen LogP) is 1.62. The molecule has 0 spiro atoms. The summed E-state index contributed by atoms with van der Waals surface area (Å²) < 4.78 is 31.5. The molecule has 112 valence electrons. The quantitative estimate of drug-likeness (QED) is 0.761. The van der Waals surface area contributed by atoms with Gasteiger partial charge in [-0.25, -0.2) is 8.42 Å². The van der Waals surface area contributed by atoms with Gasteiger partial charge in [0.2, 0.25) is 10.0 Å². The Labute approximate surface area is 118 Å². The van der Waals surface area contributed by atoms with Gasteiger partial charge in [0.25, 0.3) is 0 Å². The molecule has 0 saturated heterocycles.